The highest BCUT2D eigenvalue weighted by Gasteiger charge is 2.65. The van der Waals surface area contributed by atoms with Crippen LogP contribution in [0.3, 0.4) is 0 Å². The van der Waals surface area contributed by atoms with Crippen molar-refractivity contribution in [1.82, 2.24) is 0 Å². The van der Waals surface area contributed by atoms with Crippen LogP contribution in [0.15, 0.2) is 0 Å². The molecule has 0 aromatic heterocycles. The van der Waals surface area contributed by atoms with Gasteiger partial charge in [-0.25, -0.2) is 0 Å². The quantitative estimate of drug-likeness (QED) is 0.503. The van der Waals surface area contributed by atoms with Crippen LogP contribution in [-0.4, -0.2) is 26.4 Å². The summed E-state index contributed by atoms with van der Waals surface area (Å²) in [7, 11) is 3.95. The van der Waals surface area contributed by atoms with Gasteiger partial charge in [-0.3, -0.25) is 0 Å². The fourth-order valence-corrected chi connectivity index (χ4v) is 10.0. The average Bonchev–Trinajstić information content (AvgIpc) is 3.10. The van der Waals surface area contributed by atoms with E-state index in [1.54, 1.807) is 25.7 Å². The molecule has 0 radical (unpaired) electrons. The Morgan fingerprint density at radius 1 is 0.517 bits per heavy atom. The smallest absolute Gasteiger partial charge is 0.0574 e. The molecule has 5 saturated carbocycles. The van der Waals surface area contributed by atoms with E-state index < -0.39 is 0 Å². The van der Waals surface area contributed by atoms with Gasteiger partial charge in [-0.2, -0.15) is 0 Å². The van der Waals surface area contributed by atoms with Gasteiger partial charge in [0.25, 0.3) is 0 Å². The highest BCUT2D eigenvalue weighted by molar-refractivity contribution is 5.13. The van der Waals surface area contributed by atoms with E-state index in [-0.39, 0.29) is 0 Å². The van der Waals surface area contributed by atoms with Crippen molar-refractivity contribution in [3.8, 4) is 0 Å². The molecule has 8 unspecified atom stereocenters. The number of fused-ring (bicyclic) bond motifs is 3. The highest BCUT2D eigenvalue weighted by atomic mass is 16.5. The van der Waals surface area contributed by atoms with Crippen molar-refractivity contribution in [2.75, 3.05) is 14.2 Å². The second kappa shape index (κ2) is 8.81. The zero-order valence-electron chi connectivity index (χ0n) is 19.2. The third-order valence-corrected chi connectivity index (χ3v) is 10.8. The van der Waals surface area contributed by atoms with E-state index in [9.17, 15) is 0 Å². The Kier molecular flexibility index (Phi) is 6.32. The van der Waals surface area contributed by atoms with E-state index in [1.807, 2.05) is 14.2 Å². The summed E-state index contributed by atoms with van der Waals surface area (Å²) in [6, 6.07) is 0. The van der Waals surface area contributed by atoms with Gasteiger partial charge >= 0.3 is 0 Å². The molecule has 0 aliphatic heterocycles. The van der Waals surface area contributed by atoms with Crippen molar-refractivity contribution in [3.63, 3.8) is 0 Å². The Morgan fingerprint density at radius 2 is 0.966 bits per heavy atom. The predicted octanol–water partition coefficient (Wildman–Crippen LogP) is 7.01. The van der Waals surface area contributed by atoms with Gasteiger partial charge in [-0.15, -0.1) is 0 Å². The number of rotatable bonds is 4. The molecule has 0 aromatic rings. The number of hydrogen-bond donors (Lipinski definition) is 0. The zero-order valence-corrected chi connectivity index (χ0v) is 19.2. The van der Waals surface area contributed by atoms with E-state index in [1.165, 1.54) is 77.0 Å². The summed E-state index contributed by atoms with van der Waals surface area (Å²) in [6.07, 6.45) is 24.4. The molecule has 8 atom stereocenters. The van der Waals surface area contributed by atoms with Gasteiger partial charge in [0.05, 0.1) is 12.2 Å². The molecule has 5 fully saturated rings. The first-order valence-electron chi connectivity index (χ1n) is 13.3. The molecule has 0 heterocycles. The standard InChI is InChI=1S/C27H46O2/c1-28-21-11-7-9-19(17-21)27(20-10-8-12-22(18-20)29-2)25-15-5-3-13-23(25)24-14-4-6-16-26(24)27/h19-26H,3-18H2,1-2H3. The predicted molar refractivity (Wildman–Crippen MR) is 119 cm³/mol. The van der Waals surface area contributed by atoms with Gasteiger partial charge in [0.15, 0.2) is 0 Å². The summed E-state index contributed by atoms with van der Waals surface area (Å²) in [4.78, 5) is 0. The normalized spacial score (nSPS) is 50.7. The number of hydrogen-bond acceptors (Lipinski definition) is 2. The van der Waals surface area contributed by atoms with Crippen LogP contribution in [0.4, 0.5) is 0 Å². The number of ether oxygens (including phenoxy) is 2. The van der Waals surface area contributed by atoms with E-state index in [0.29, 0.717) is 17.6 Å². The van der Waals surface area contributed by atoms with Crippen molar-refractivity contribution in [2.24, 2.45) is 40.9 Å². The summed E-state index contributed by atoms with van der Waals surface area (Å²) in [6.45, 7) is 0. The maximum absolute atomic E-state index is 6.00. The largest absolute Gasteiger partial charge is 0.381 e. The maximum atomic E-state index is 6.00. The highest BCUT2D eigenvalue weighted by Crippen LogP contribution is 2.71. The lowest BCUT2D eigenvalue weighted by molar-refractivity contribution is -0.110. The second-order valence-electron chi connectivity index (χ2n) is 11.6. The van der Waals surface area contributed by atoms with E-state index >= 15 is 0 Å². The van der Waals surface area contributed by atoms with Crippen molar-refractivity contribution in [2.45, 2.75) is 115 Å². The monoisotopic (exact) mass is 402 g/mol. The second-order valence-corrected chi connectivity index (χ2v) is 11.6. The first-order chi connectivity index (χ1) is 14.3. The van der Waals surface area contributed by atoms with Crippen molar-refractivity contribution < 1.29 is 9.47 Å². The first-order valence-corrected chi connectivity index (χ1v) is 13.3. The molecule has 0 amide bonds. The molecular formula is C27H46O2. The lowest BCUT2D eigenvalue weighted by atomic mass is 9.48. The summed E-state index contributed by atoms with van der Waals surface area (Å²) >= 11 is 0. The van der Waals surface area contributed by atoms with Crippen LogP contribution in [0.5, 0.6) is 0 Å². The molecular weight excluding hydrogens is 356 g/mol. The van der Waals surface area contributed by atoms with E-state index in [2.05, 4.69) is 0 Å². The van der Waals surface area contributed by atoms with Crippen LogP contribution in [0.1, 0.15) is 103 Å². The molecule has 5 rings (SSSR count). The van der Waals surface area contributed by atoms with E-state index in [4.69, 9.17) is 9.47 Å². The average molecular weight is 403 g/mol. The first kappa shape index (κ1) is 20.8. The fourth-order valence-electron chi connectivity index (χ4n) is 10.0. The molecule has 0 spiro atoms. The molecule has 29 heavy (non-hydrogen) atoms. The zero-order chi connectivity index (χ0) is 19.8. The van der Waals surface area contributed by atoms with Crippen LogP contribution in [0, 0.1) is 40.9 Å². The minimum Gasteiger partial charge on any atom is -0.381 e. The summed E-state index contributed by atoms with van der Waals surface area (Å²) in [5.41, 5.74) is 0.616. The van der Waals surface area contributed by atoms with Gasteiger partial charge in [-0.1, -0.05) is 38.5 Å². The van der Waals surface area contributed by atoms with Crippen LogP contribution >= 0.6 is 0 Å². The molecule has 0 bridgehead atoms. The summed E-state index contributed by atoms with van der Waals surface area (Å²) in [5.74, 6) is 5.98. The van der Waals surface area contributed by atoms with Crippen molar-refractivity contribution in [1.29, 1.82) is 0 Å². The van der Waals surface area contributed by atoms with Gasteiger partial charge in [-0.05, 0) is 105 Å². The Hall–Kier alpha value is -0.0800. The molecule has 5 aliphatic rings. The van der Waals surface area contributed by atoms with Crippen LogP contribution < -0.4 is 0 Å². The van der Waals surface area contributed by atoms with Crippen molar-refractivity contribution >= 4 is 0 Å². The SMILES string of the molecule is COC1CCCC(C2(C3CCCC(OC)C3)C3CCCCC3C3CCCCC32)C1. The Morgan fingerprint density at radius 3 is 1.41 bits per heavy atom. The number of methoxy groups -OCH3 is 2. The minimum absolute atomic E-state index is 0.525. The van der Waals surface area contributed by atoms with Crippen LogP contribution in [0.2, 0.25) is 0 Å². The molecule has 2 heteroatoms. The van der Waals surface area contributed by atoms with Gasteiger partial charge in [0, 0.05) is 14.2 Å². The topological polar surface area (TPSA) is 18.5 Å². The van der Waals surface area contributed by atoms with Crippen molar-refractivity contribution in [3.05, 3.63) is 0 Å². The molecule has 166 valence electrons. The summed E-state index contributed by atoms with van der Waals surface area (Å²) in [5, 5.41) is 0. The maximum Gasteiger partial charge on any atom is 0.0574 e. The van der Waals surface area contributed by atoms with E-state index in [0.717, 1.165) is 35.5 Å². The van der Waals surface area contributed by atoms with Crippen LogP contribution in [0.25, 0.3) is 0 Å². The van der Waals surface area contributed by atoms with Gasteiger partial charge < -0.3 is 9.47 Å². The van der Waals surface area contributed by atoms with Gasteiger partial charge in [0.1, 0.15) is 0 Å². The molecule has 2 nitrogen and oxygen atoms in total. The Bertz CT molecular complexity index is 497. The van der Waals surface area contributed by atoms with Crippen LogP contribution in [-0.2, 0) is 9.47 Å². The molecule has 0 N–H and O–H groups in total. The Balaban J connectivity index is 1.57. The lowest BCUT2D eigenvalue weighted by Gasteiger charge is -2.57. The lowest BCUT2D eigenvalue weighted by Crippen LogP contribution is -2.51. The third-order valence-electron chi connectivity index (χ3n) is 10.8. The molecule has 0 aromatic carbocycles. The Labute approximate surface area is 179 Å². The molecule has 5 aliphatic carbocycles. The third kappa shape index (κ3) is 3.43. The van der Waals surface area contributed by atoms with Gasteiger partial charge in [0.2, 0.25) is 0 Å². The summed E-state index contributed by atoms with van der Waals surface area (Å²) < 4.78 is 12.0. The fraction of sp³-hybridized carbons (Fsp3) is 1.00. The molecule has 0 saturated heterocycles. The minimum atomic E-state index is 0.525.